The molecule has 0 saturated heterocycles. The number of halogens is 2. The van der Waals surface area contributed by atoms with E-state index in [0.717, 1.165) is 18.2 Å². The molecule has 1 atom stereocenters. The average molecular weight is 538 g/mol. The van der Waals surface area contributed by atoms with Gasteiger partial charge in [-0.1, -0.05) is 42.5 Å². The summed E-state index contributed by atoms with van der Waals surface area (Å²) in [6.07, 6.45) is 1.51. The Bertz CT molecular complexity index is 1560. The molecule has 1 unspecified atom stereocenters. The second-order valence-corrected chi connectivity index (χ2v) is 10.3. The summed E-state index contributed by atoms with van der Waals surface area (Å²) in [4.78, 5) is 17.1. The van der Waals surface area contributed by atoms with Crippen molar-refractivity contribution in [3.05, 3.63) is 119 Å². The summed E-state index contributed by atoms with van der Waals surface area (Å²) in [5.41, 5.74) is 3.03. The number of aliphatic hydroxyl groups is 1. The van der Waals surface area contributed by atoms with Crippen LogP contribution in [0.5, 0.6) is 0 Å². The molecule has 1 aromatic heterocycles. The molecule has 2 amide bonds. The maximum absolute atomic E-state index is 14.2. The fourth-order valence-corrected chi connectivity index (χ4v) is 5.37. The van der Waals surface area contributed by atoms with Crippen LogP contribution in [-0.4, -0.2) is 31.1 Å². The van der Waals surface area contributed by atoms with E-state index in [1.807, 2.05) is 4.72 Å². The van der Waals surface area contributed by atoms with Gasteiger partial charge in [0.15, 0.2) is 0 Å². The molecule has 0 spiro atoms. The highest BCUT2D eigenvalue weighted by atomic mass is 32.2. The number of benzene rings is 3. The van der Waals surface area contributed by atoms with E-state index in [2.05, 4.69) is 10.3 Å². The molecule has 0 fully saturated rings. The van der Waals surface area contributed by atoms with Crippen LogP contribution >= 0.6 is 0 Å². The lowest BCUT2D eigenvalue weighted by molar-refractivity contribution is 0.245. The maximum Gasteiger partial charge on any atom is 0.328 e. The number of urea groups is 1. The number of aryl methyl sites for hydroxylation is 1. The van der Waals surface area contributed by atoms with Gasteiger partial charge in [0.25, 0.3) is 10.0 Å². The van der Waals surface area contributed by atoms with E-state index >= 15 is 0 Å². The number of aliphatic hydroxyl groups excluding tert-OH is 1. The zero-order valence-electron chi connectivity index (χ0n) is 20.4. The first kappa shape index (κ1) is 26.9. The molecule has 0 saturated carbocycles. The highest BCUT2D eigenvalue weighted by Gasteiger charge is 2.24. The van der Waals surface area contributed by atoms with Gasteiger partial charge in [0.2, 0.25) is 0 Å². The first-order chi connectivity index (χ1) is 18.2. The summed E-state index contributed by atoms with van der Waals surface area (Å²) in [5.74, 6) is -2.46. The minimum atomic E-state index is -4.16. The molecule has 3 N–H and O–H groups in total. The van der Waals surface area contributed by atoms with Gasteiger partial charge in [-0.3, -0.25) is 4.98 Å². The molecule has 196 valence electrons. The van der Waals surface area contributed by atoms with Crippen LogP contribution in [0.2, 0.25) is 0 Å². The average Bonchev–Trinajstić information content (AvgIpc) is 2.88. The molecule has 7 nitrogen and oxygen atoms in total. The fraction of sp³-hybridized carbons (Fsp3) is 0.143. The lowest BCUT2D eigenvalue weighted by atomic mass is 9.89. The van der Waals surface area contributed by atoms with Crippen molar-refractivity contribution in [1.82, 2.24) is 15.0 Å². The monoisotopic (exact) mass is 537 g/mol. The molecule has 0 aliphatic rings. The molecule has 4 aromatic rings. The highest BCUT2D eigenvalue weighted by Crippen LogP contribution is 2.33. The van der Waals surface area contributed by atoms with Crippen LogP contribution in [0.3, 0.4) is 0 Å². The Kier molecular flexibility index (Phi) is 8.13. The van der Waals surface area contributed by atoms with Gasteiger partial charge in [0.05, 0.1) is 17.2 Å². The van der Waals surface area contributed by atoms with Gasteiger partial charge >= 0.3 is 6.03 Å². The third-order valence-electron chi connectivity index (χ3n) is 5.95. The van der Waals surface area contributed by atoms with Gasteiger partial charge in [-0.05, 0) is 59.5 Å². The van der Waals surface area contributed by atoms with Crippen LogP contribution in [0.15, 0.2) is 90.0 Å². The van der Waals surface area contributed by atoms with Crippen LogP contribution in [0.1, 0.15) is 28.3 Å². The van der Waals surface area contributed by atoms with Gasteiger partial charge in [-0.15, -0.1) is 0 Å². The number of hydrogen-bond donors (Lipinski definition) is 3. The third kappa shape index (κ3) is 6.21. The molecule has 10 heteroatoms. The molecule has 38 heavy (non-hydrogen) atoms. The molecule has 0 bridgehead atoms. The van der Waals surface area contributed by atoms with Gasteiger partial charge in [0.1, 0.15) is 11.6 Å². The fourth-order valence-electron chi connectivity index (χ4n) is 4.19. The third-order valence-corrected chi connectivity index (χ3v) is 7.44. The first-order valence-electron chi connectivity index (χ1n) is 11.7. The van der Waals surface area contributed by atoms with Crippen LogP contribution in [0.25, 0.3) is 11.1 Å². The molecule has 0 aliphatic heterocycles. The molecule has 0 aliphatic carbocycles. The lowest BCUT2D eigenvalue weighted by Gasteiger charge is -2.21. The quantitative estimate of drug-likeness (QED) is 0.303. The number of carbonyl (C=O) groups is 1. The molecular formula is C28H25F2N3O4S. The van der Waals surface area contributed by atoms with E-state index in [9.17, 15) is 27.1 Å². The predicted octanol–water partition coefficient (Wildman–Crippen LogP) is 4.65. The number of nitrogens with one attached hydrogen (secondary N) is 2. The normalized spacial score (nSPS) is 12.1. The summed E-state index contributed by atoms with van der Waals surface area (Å²) in [7, 11) is -4.16. The summed E-state index contributed by atoms with van der Waals surface area (Å²) in [6.45, 7) is 1.20. The molecule has 4 rings (SSSR count). The van der Waals surface area contributed by atoms with Gasteiger partial charge < -0.3 is 10.4 Å². The van der Waals surface area contributed by atoms with Crippen molar-refractivity contribution >= 4 is 16.1 Å². The van der Waals surface area contributed by atoms with Crippen molar-refractivity contribution in [1.29, 1.82) is 0 Å². The smallest absolute Gasteiger partial charge is 0.328 e. The summed E-state index contributed by atoms with van der Waals surface area (Å²) < 4.78 is 55.9. The van der Waals surface area contributed by atoms with E-state index in [-0.39, 0.29) is 23.6 Å². The number of pyridine rings is 1. The lowest BCUT2D eigenvalue weighted by Crippen LogP contribution is -2.41. The Balaban J connectivity index is 1.68. The Morgan fingerprint density at radius 2 is 1.71 bits per heavy atom. The van der Waals surface area contributed by atoms with E-state index < -0.39 is 33.6 Å². The number of rotatable bonds is 8. The molecule has 0 radical (unpaired) electrons. The standard InChI is InChI=1S/C28H25F2N3O4S/c1-18-6-2-3-10-26(18)38(36,37)33-28(35)32-16-25(21-13-22(29)15-23(30)14-21)27-24(9-5-11-31-27)20-8-4-7-19(12-20)17-34/h2-15,25,34H,16-17H2,1H3,(H2,32,33,35). The van der Waals surface area contributed by atoms with Gasteiger partial charge in [0, 0.05) is 30.3 Å². The van der Waals surface area contributed by atoms with Crippen molar-refractivity contribution in [2.75, 3.05) is 6.54 Å². The number of hydrogen-bond acceptors (Lipinski definition) is 5. The van der Waals surface area contributed by atoms with E-state index in [4.69, 9.17) is 0 Å². The Labute approximate surface area is 219 Å². The predicted molar refractivity (Wildman–Crippen MR) is 139 cm³/mol. The molecule has 3 aromatic carbocycles. The Hall–Kier alpha value is -4.15. The van der Waals surface area contributed by atoms with Crippen LogP contribution in [0.4, 0.5) is 13.6 Å². The highest BCUT2D eigenvalue weighted by molar-refractivity contribution is 7.90. The minimum absolute atomic E-state index is 0.0466. The molecular weight excluding hydrogens is 512 g/mol. The topological polar surface area (TPSA) is 108 Å². The van der Waals surface area contributed by atoms with Gasteiger partial charge in [-0.25, -0.2) is 26.7 Å². The van der Waals surface area contributed by atoms with Crippen molar-refractivity contribution in [2.24, 2.45) is 0 Å². The first-order valence-corrected chi connectivity index (χ1v) is 13.1. The minimum Gasteiger partial charge on any atom is -0.392 e. The maximum atomic E-state index is 14.2. The SMILES string of the molecule is Cc1ccccc1S(=O)(=O)NC(=O)NCC(c1cc(F)cc(F)c1)c1ncccc1-c1cccc(CO)c1. The van der Waals surface area contributed by atoms with E-state index in [1.54, 1.807) is 61.5 Å². The van der Waals surface area contributed by atoms with Gasteiger partial charge in [-0.2, -0.15) is 0 Å². The van der Waals surface area contributed by atoms with Crippen molar-refractivity contribution < 1.29 is 27.1 Å². The number of aromatic nitrogens is 1. The van der Waals surface area contributed by atoms with Crippen molar-refractivity contribution in [2.45, 2.75) is 24.3 Å². The van der Waals surface area contributed by atoms with E-state index in [0.29, 0.717) is 27.9 Å². The Morgan fingerprint density at radius 3 is 2.42 bits per heavy atom. The summed E-state index contributed by atoms with van der Waals surface area (Å²) in [6, 6.07) is 18.8. The number of sulfonamides is 1. The summed E-state index contributed by atoms with van der Waals surface area (Å²) in [5, 5.41) is 12.1. The summed E-state index contributed by atoms with van der Waals surface area (Å²) >= 11 is 0. The zero-order chi connectivity index (χ0) is 27.3. The largest absolute Gasteiger partial charge is 0.392 e. The zero-order valence-corrected chi connectivity index (χ0v) is 21.2. The Morgan fingerprint density at radius 1 is 0.974 bits per heavy atom. The molecule has 1 heterocycles. The number of carbonyl (C=O) groups excluding carboxylic acids is 1. The van der Waals surface area contributed by atoms with Crippen molar-refractivity contribution in [3.63, 3.8) is 0 Å². The van der Waals surface area contributed by atoms with Crippen LogP contribution < -0.4 is 10.0 Å². The number of nitrogens with zero attached hydrogens (tertiary/aromatic N) is 1. The van der Waals surface area contributed by atoms with E-state index in [1.165, 1.54) is 12.3 Å². The number of amides is 2. The van der Waals surface area contributed by atoms with Crippen LogP contribution in [-0.2, 0) is 16.6 Å². The second kappa shape index (κ2) is 11.5. The van der Waals surface area contributed by atoms with Crippen LogP contribution in [0, 0.1) is 18.6 Å². The van der Waals surface area contributed by atoms with Crippen molar-refractivity contribution in [3.8, 4) is 11.1 Å². The second-order valence-electron chi connectivity index (χ2n) is 8.63.